The number of hydrogen-bond acceptors (Lipinski definition) is 4. The van der Waals surface area contributed by atoms with Gasteiger partial charge in [0.1, 0.15) is 6.04 Å². The molecule has 0 spiro atoms. The molecule has 0 saturated heterocycles. The first-order chi connectivity index (χ1) is 9.99. The zero-order chi connectivity index (χ0) is 15.7. The topological polar surface area (TPSA) is 134 Å². The minimum atomic E-state index is -1.44. The molecular weight excluding hydrogens is 280 g/mol. The summed E-state index contributed by atoms with van der Waals surface area (Å²) < 4.78 is 1.91. The first-order valence-corrected chi connectivity index (χ1v) is 6.43. The number of carbonyl (C=O) groups excluding carboxylic acids is 1. The van der Waals surface area contributed by atoms with E-state index in [1.165, 1.54) is 0 Å². The summed E-state index contributed by atoms with van der Waals surface area (Å²) in [6.07, 6.45) is 6.09. The number of carboxylic acids is 2. The molecule has 2 amide bonds. The van der Waals surface area contributed by atoms with E-state index in [0.29, 0.717) is 13.0 Å². The summed E-state index contributed by atoms with van der Waals surface area (Å²) in [4.78, 5) is 36.6. The molecule has 1 rings (SSSR count). The van der Waals surface area contributed by atoms with Crippen LogP contribution in [0.5, 0.6) is 0 Å². The molecule has 0 aliphatic heterocycles. The maximum atomic E-state index is 11.4. The van der Waals surface area contributed by atoms with Crippen LogP contribution in [-0.4, -0.2) is 50.3 Å². The molecule has 21 heavy (non-hydrogen) atoms. The van der Waals surface area contributed by atoms with Crippen LogP contribution in [0.4, 0.5) is 4.79 Å². The maximum absolute atomic E-state index is 11.4. The molecule has 9 heteroatoms. The van der Waals surface area contributed by atoms with Crippen molar-refractivity contribution in [3.63, 3.8) is 0 Å². The lowest BCUT2D eigenvalue weighted by atomic mass is 10.2. The molecule has 0 fully saturated rings. The molecular formula is C12H18N4O5. The van der Waals surface area contributed by atoms with E-state index in [1.54, 1.807) is 12.5 Å². The van der Waals surface area contributed by atoms with Crippen LogP contribution in [0.15, 0.2) is 18.7 Å². The van der Waals surface area contributed by atoms with E-state index < -0.39 is 30.4 Å². The fraction of sp³-hybridized carbons (Fsp3) is 0.500. The SMILES string of the molecule is O=C(O)C[C@H](NC(=O)NCCCCn1ccnc1)C(=O)O. The quantitative estimate of drug-likeness (QED) is 0.470. The number of unbranched alkanes of at least 4 members (excludes halogenated alkanes) is 1. The Morgan fingerprint density at radius 3 is 2.57 bits per heavy atom. The highest BCUT2D eigenvalue weighted by Crippen LogP contribution is 1.95. The molecule has 0 radical (unpaired) electrons. The summed E-state index contributed by atoms with van der Waals surface area (Å²) in [7, 11) is 0. The molecule has 0 unspecified atom stereocenters. The largest absolute Gasteiger partial charge is 0.481 e. The van der Waals surface area contributed by atoms with Crippen molar-refractivity contribution in [1.82, 2.24) is 20.2 Å². The van der Waals surface area contributed by atoms with Crippen LogP contribution in [0, 0.1) is 0 Å². The monoisotopic (exact) mass is 298 g/mol. The van der Waals surface area contributed by atoms with Gasteiger partial charge in [-0.05, 0) is 12.8 Å². The van der Waals surface area contributed by atoms with Crippen molar-refractivity contribution >= 4 is 18.0 Å². The Morgan fingerprint density at radius 2 is 2.00 bits per heavy atom. The Kier molecular flexibility index (Phi) is 6.72. The van der Waals surface area contributed by atoms with Crippen molar-refractivity contribution in [3.05, 3.63) is 18.7 Å². The smallest absolute Gasteiger partial charge is 0.326 e. The molecule has 0 aromatic carbocycles. The van der Waals surface area contributed by atoms with Gasteiger partial charge in [0, 0.05) is 25.5 Å². The van der Waals surface area contributed by atoms with Crippen molar-refractivity contribution < 1.29 is 24.6 Å². The summed E-state index contributed by atoms with van der Waals surface area (Å²) in [5, 5.41) is 21.9. The fourth-order valence-corrected chi connectivity index (χ4v) is 1.62. The van der Waals surface area contributed by atoms with Gasteiger partial charge >= 0.3 is 18.0 Å². The van der Waals surface area contributed by atoms with Gasteiger partial charge in [-0.1, -0.05) is 0 Å². The van der Waals surface area contributed by atoms with E-state index in [0.717, 1.165) is 13.0 Å². The number of rotatable bonds is 9. The molecule has 9 nitrogen and oxygen atoms in total. The van der Waals surface area contributed by atoms with Crippen LogP contribution in [0.2, 0.25) is 0 Å². The third-order valence-corrected chi connectivity index (χ3v) is 2.67. The highest BCUT2D eigenvalue weighted by atomic mass is 16.4. The number of aromatic nitrogens is 2. The highest BCUT2D eigenvalue weighted by Gasteiger charge is 2.22. The first kappa shape index (κ1) is 16.5. The number of aryl methyl sites for hydroxylation is 1. The van der Waals surface area contributed by atoms with Gasteiger partial charge in [-0.2, -0.15) is 0 Å². The average Bonchev–Trinajstić information content (AvgIpc) is 2.90. The zero-order valence-electron chi connectivity index (χ0n) is 11.4. The second-order valence-corrected chi connectivity index (χ2v) is 4.40. The molecule has 1 aromatic rings. The van der Waals surface area contributed by atoms with Crippen LogP contribution >= 0.6 is 0 Å². The van der Waals surface area contributed by atoms with Crippen LogP contribution in [0.3, 0.4) is 0 Å². The van der Waals surface area contributed by atoms with Crippen molar-refractivity contribution in [2.75, 3.05) is 6.54 Å². The molecule has 116 valence electrons. The Balaban J connectivity index is 2.17. The predicted molar refractivity (Wildman–Crippen MR) is 71.7 cm³/mol. The molecule has 0 aliphatic carbocycles. The average molecular weight is 298 g/mol. The summed E-state index contributed by atoms with van der Waals surface area (Å²) in [5.74, 6) is -2.67. The van der Waals surface area contributed by atoms with Gasteiger partial charge < -0.3 is 25.4 Å². The van der Waals surface area contributed by atoms with Gasteiger partial charge in [0.05, 0.1) is 12.7 Å². The fourth-order valence-electron chi connectivity index (χ4n) is 1.62. The normalized spacial score (nSPS) is 11.6. The van der Waals surface area contributed by atoms with E-state index in [9.17, 15) is 14.4 Å². The molecule has 1 heterocycles. The second kappa shape index (κ2) is 8.56. The van der Waals surface area contributed by atoms with Gasteiger partial charge in [-0.15, -0.1) is 0 Å². The van der Waals surface area contributed by atoms with Gasteiger partial charge in [0.15, 0.2) is 0 Å². The number of aliphatic carboxylic acids is 2. The Labute approximate surface area is 121 Å². The molecule has 4 N–H and O–H groups in total. The molecule has 1 aromatic heterocycles. The van der Waals surface area contributed by atoms with Crippen molar-refractivity contribution in [1.29, 1.82) is 0 Å². The standard InChI is InChI=1S/C12H18N4O5/c17-10(18)7-9(11(19)20)15-12(21)14-3-1-2-5-16-6-4-13-8-16/h4,6,8-9H,1-3,5,7H2,(H,17,18)(H,19,20)(H2,14,15,21)/t9-/m0/s1. The number of carboxylic acid groups (broad SMARTS) is 2. The van der Waals surface area contributed by atoms with Crippen LogP contribution in [0.25, 0.3) is 0 Å². The second-order valence-electron chi connectivity index (χ2n) is 4.40. The van der Waals surface area contributed by atoms with E-state index in [-0.39, 0.29) is 0 Å². The summed E-state index contributed by atoms with van der Waals surface area (Å²) in [5.41, 5.74) is 0. The summed E-state index contributed by atoms with van der Waals surface area (Å²) in [6, 6.07) is -2.13. The van der Waals surface area contributed by atoms with Crippen molar-refractivity contribution in [3.8, 4) is 0 Å². The Bertz CT molecular complexity index is 474. The van der Waals surface area contributed by atoms with Crippen LogP contribution in [-0.2, 0) is 16.1 Å². The van der Waals surface area contributed by atoms with E-state index in [4.69, 9.17) is 10.2 Å². The molecule has 0 saturated carbocycles. The van der Waals surface area contributed by atoms with Gasteiger partial charge in [-0.3, -0.25) is 4.79 Å². The minimum absolute atomic E-state index is 0.375. The Hall–Kier alpha value is -2.58. The van der Waals surface area contributed by atoms with E-state index in [1.807, 2.05) is 10.8 Å². The van der Waals surface area contributed by atoms with Crippen LogP contribution < -0.4 is 10.6 Å². The molecule has 0 bridgehead atoms. The number of carbonyl (C=O) groups is 3. The summed E-state index contributed by atoms with van der Waals surface area (Å²) in [6.45, 7) is 1.15. The number of urea groups is 1. The van der Waals surface area contributed by atoms with Gasteiger partial charge in [-0.25, -0.2) is 14.6 Å². The number of nitrogens with one attached hydrogen (secondary N) is 2. The summed E-state index contributed by atoms with van der Waals surface area (Å²) >= 11 is 0. The third kappa shape index (κ3) is 6.95. The van der Waals surface area contributed by atoms with Crippen LogP contribution in [0.1, 0.15) is 19.3 Å². The van der Waals surface area contributed by atoms with E-state index in [2.05, 4.69) is 15.6 Å². The number of amides is 2. The Morgan fingerprint density at radius 1 is 1.24 bits per heavy atom. The lowest BCUT2D eigenvalue weighted by Gasteiger charge is -2.13. The lowest BCUT2D eigenvalue weighted by Crippen LogP contribution is -2.47. The van der Waals surface area contributed by atoms with E-state index >= 15 is 0 Å². The van der Waals surface area contributed by atoms with Gasteiger partial charge in [0.25, 0.3) is 0 Å². The maximum Gasteiger partial charge on any atom is 0.326 e. The zero-order valence-corrected chi connectivity index (χ0v) is 11.4. The first-order valence-electron chi connectivity index (χ1n) is 6.43. The van der Waals surface area contributed by atoms with Gasteiger partial charge in [0.2, 0.25) is 0 Å². The highest BCUT2D eigenvalue weighted by molar-refractivity contribution is 5.86. The lowest BCUT2D eigenvalue weighted by molar-refractivity contribution is -0.145. The number of imidazole rings is 1. The van der Waals surface area contributed by atoms with Crippen molar-refractivity contribution in [2.45, 2.75) is 31.8 Å². The minimum Gasteiger partial charge on any atom is -0.481 e. The molecule has 1 atom stereocenters. The molecule has 0 aliphatic rings. The number of hydrogen-bond donors (Lipinski definition) is 4. The third-order valence-electron chi connectivity index (χ3n) is 2.67. The predicted octanol–water partition coefficient (Wildman–Crippen LogP) is -0.110. The number of nitrogens with zero attached hydrogens (tertiary/aromatic N) is 2. The van der Waals surface area contributed by atoms with Crippen molar-refractivity contribution in [2.24, 2.45) is 0 Å².